The third-order valence-electron chi connectivity index (χ3n) is 4.48. The number of aryl methyl sites for hydroxylation is 1. The standard InChI is InChI=1S/C24H32N4O3.HI/c1-17-6-8-18(9-7-17)15-25-23(26-16-22(29)28-24(2,3)4)27-19-10-11-20-21(14-19)31-13-5-12-30-20;/h6-11,14H,5,12-13,15-16H2,1-4H3,(H,28,29)(H2,25,26,27);1H. The summed E-state index contributed by atoms with van der Waals surface area (Å²) in [4.78, 5) is 16.9. The molecule has 2 aromatic rings. The number of aliphatic imine (C=N–C) groups is 1. The smallest absolute Gasteiger partial charge is 0.239 e. The molecule has 0 bridgehead atoms. The van der Waals surface area contributed by atoms with E-state index >= 15 is 0 Å². The number of hydrogen-bond donors (Lipinski definition) is 3. The van der Waals surface area contributed by atoms with E-state index in [1.807, 2.05) is 39.0 Å². The van der Waals surface area contributed by atoms with Crippen molar-refractivity contribution in [2.24, 2.45) is 4.99 Å². The van der Waals surface area contributed by atoms with Crippen molar-refractivity contribution < 1.29 is 14.3 Å². The number of guanidine groups is 1. The van der Waals surface area contributed by atoms with Gasteiger partial charge in [0.2, 0.25) is 5.91 Å². The second-order valence-electron chi connectivity index (χ2n) is 8.64. The van der Waals surface area contributed by atoms with E-state index in [2.05, 4.69) is 52.1 Å². The van der Waals surface area contributed by atoms with E-state index in [1.54, 1.807) is 0 Å². The Morgan fingerprint density at radius 1 is 1.03 bits per heavy atom. The molecule has 0 saturated carbocycles. The summed E-state index contributed by atoms with van der Waals surface area (Å²) in [6, 6.07) is 13.9. The molecular formula is C24H33IN4O3. The van der Waals surface area contributed by atoms with Crippen LogP contribution in [0.2, 0.25) is 0 Å². The van der Waals surface area contributed by atoms with Gasteiger partial charge in [-0.3, -0.25) is 4.79 Å². The quantitative estimate of drug-likeness (QED) is 0.294. The summed E-state index contributed by atoms with van der Waals surface area (Å²) in [6.07, 6.45) is 0.852. The lowest BCUT2D eigenvalue weighted by atomic mass is 10.1. The second kappa shape index (κ2) is 11.9. The van der Waals surface area contributed by atoms with Gasteiger partial charge in [0.25, 0.3) is 0 Å². The first-order valence-corrected chi connectivity index (χ1v) is 10.6. The zero-order chi connectivity index (χ0) is 22.3. The monoisotopic (exact) mass is 552 g/mol. The lowest BCUT2D eigenvalue weighted by molar-refractivity contribution is -0.121. The van der Waals surface area contributed by atoms with Gasteiger partial charge in [-0.05, 0) is 45.4 Å². The number of ether oxygens (including phenoxy) is 2. The van der Waals surface area contributed by atoms with Gasteiger partial charge in [-0.15, -0.1) is 24.0 Å². The molecule has 2 aromatic carbocycles. The third-order valence-corrected chi connectivity index (χ3v) is 4.48. The van der Waals surface area contributed by atoms with Gasteiger partial charge >= 0.3 is 0 Å². The highest BCUT2D eigenvalue weighted by atomic mass is 127. The van der Waals surface area contributed by atoms with Crippen molar-refractivity contribution in [1.29, 1.82) is 0 Å². The van der Waals surface area contributed by atoms with Gasteiger partial charge in [0.05, 0.1) is 26.3 Å². The number of rotatable bonds is 5. The van der Waals surface area contributed by atoms with Gasteiger partial charge < -0.3 is 25.4 Å². The molecule has 174 valence electrons. The predicted molar refractivity (Wildman–Crippen MR) is 139 cm³/mol. The molecule has 1 aliphatic heterocycles. The summed E-state index contributed by atoms with van der Waals surface area (Å²) >= 11 is 0. The molecule has 1 amide bonds. The van der Waals surface area contributed by atoms with E-state index in [4.69, 9.17) is 9.47 Å². The molecule has 3 rings (SSSR count). The van der Waals surface area contributed by atoms with Crippen LogP contribution < -0.4 is 25.4 Å². The fourth-order valence-electron chi connectivity index (χ4n) is 3.01. The molecule has 0 aliphatic carbocycles. The minimum Gasteiger partial charge on any atom is -0.490 e. The van der Waals surface area contributed by atoms with E-state index in [-0.39, 0.29) is 42.0 Å². The van der Waals surface area contributed by atoms with Crippen LogP contribution in [0.15, 0.2) is 47.5 Å². The number of nitrogens with one attached hydrogen (secondary N) is 3. The Balaban J connectivity index is 0.00000363. The number of carbonyl (C=O) groups is 1. The number of nitrogens with zero attached hydrogens (tertiary/aromatic N) is 1. The van der Waals surface area contributed by atoms with Crippen LogP contribution in [0.5, 0.6) is 11.5 Å². The molecule has 0 spiro atoms. The maximum absolute atomic E-state index is 12.3. The minimum atomic E-state index is -0.292. The lowest BCUT2D eigenvalue weighted by Gasteiger charge is -2.21. The van der Waals surface area contributed by atoms with E-state index in [0.29, 0.717) is 31.5 Å². The Hall–Kier alpha value is -2.49. The minimum absolute atomic E-state index is 0. The molecule has 0 fully saturated rings. The summed E-state index contributed by atoms with van der Waals surface area (Å²) in [5.74, 6) is 1.85. The molecule has 0 radical (unpaired) electrons. The van der Waals surface area contributed by atoms with Crippen molar-refractivity contribution >= 4 is 41.5 Å². The number of amides is 1. The molecule has 1 aliphatic rings. The number of benzene rings is 2. The molecular weight excluding hydrogens is 519 g/mol. The van der Waals surface area contributed by atoms with Crippen LogP contribution in [0.25, 0.3) is 0 Å². The lowest BCUT2D eigenvalue weighted by Crippen LogP contribution is -2.46. The van der Waals surface area contributed by atoms with Gasteiger partial charge in [0.1, 0.15) is 0 Å². The van der Waals surface area contributed by atoms with Crippen LogP contribution >= 0.6 is 24.0 Å². The van der Waals surface area contributed by atoms with Crippen molar-refractivity contribution in [2.75, 3.05) is 25.1 Å². The number of carbonyl (C=O) groups excluding carboxylic acids is 1. The van der Waals surface area contributed by atoms with Gasteiger partial charge in [-0.2, -0.15) is 0 Å². The average Bonchev–Trinajstić information content (AvgIpc) is 2.95. The Labute approximate surface area is 207 Å². The first kappa shape index (κ1) is 25.8. The topological polar surface area (TPSA) is 84.0 Å². The van der Waals surface area contributed by atoms with Gasteiger partial charge in [0, 0.05) is 23.7 Å². The Morgan fingerprint density at radius 3 is 2.41 bits per heavy atom. The molecule has 7 nitrogen and oxygen atoms in total. The zero-order valence-corrected chi connectivity index (χ0v) is 21.5. The largest absolute Gasteiger partial charge is 0.490 e. The van der Waals surface area contributed by atoms with Crippen LogP contribution in [0.1, 0.15) is 38.3 Å². The van der Waals surface area contributed by atoms with E-state index in [9.17, 15) is 4.79 Å². The second-order valence-corrected chi connectivity index (χ2v) is 8.64. The van der Waals surface area contributed by atoms with Crippen molar-refractivity contribution in [3.05, 3.63) is 53.6 Å². The fourth-order valence-corrected chi connectivity index (χ4v) is 3.01. The summed E-state index contributed by atoms with van der Waals surface area (Å²) in [7, 11) is 0. The SMILES string of the molecule is Cc1ccc(CN=C(NCC(=O)NC(C)(C)C)Nc2ccc3c(c2)OCCCO3)cc1.I. The highest BCUT2D eigenvalue weighted by Gasteiger charge is 2.15. The van der Waals surface area contributed by atoms with Crippen molar-refractivity contribution in [3.8, 4) is 11.5 Å². The highest BCUT2D eigenvalue weighted by Crippen LogP contribution is 2.32. The van der Waals surface area contributed by atoms with Gasteiger partial charge in [-0.25, -0.2) is 4.99 Å². The molecule has 8 heteroatoms. The molecule has 0 atom stereocenters. The highest BCUT2D eigenvalue weighted by molar-refractivity contribution is 14.0. The predicted octanol–water partition coefficient (Wildman–Crippen LogP) is 4.25. The van der Waals surface area contributed by atoms with Crippen LogP contribution in [-0.2, 0) is 11.3 Å². The van der Waals surface area contributed by atoms with E-state index in [1.165, 1.54) is 5.56 Å². The molecule has 0 aromatic heterocycles. The van der Waals surface area contributed by atoms with Crippen LogP contribution in [0.3, 0.4) is 0 Å². The summed E-state index contributed by atoms with van der Waals surface area (Å²) in [5, 5.41) is 9.34. The van der Waals surface area contributed by atoms with Gasteiger partial charge in [-0.1, -0.05) is 29.8 Å². The zero-order valence-electron chi connectivity index (χ0n) is 19.2. The molecule has 1 heterocycles. The normalized spacial score (nSPS) is 13.4. The first-order valence-electron chi connectivity index (χ1n) is 10.6. The summed E-state index contributed by atoms with van der Waals surface area (Å²) < 4.78 is 11.5. The maximum Gasteiger partial charge on any atom is 0.239 e. The molecule has 0 saturated heterocycles. The van der Waals surface area contributed by atoms with Gasteiger partial charge in [0.15, 0.2) is 17.5 Å². The first-order chi connectivity index (χ1) is 14.8. The summed E-state index contributed by atoms with van der Waals surface area (Å²) in [6.45, 7) is 9.78. The number of fused-ring (bicyclic) bond motifs is 1. The Kier molecular flexibility index (Phi) is 9.61. The molecule has 32 heavy (non-hydrogen) atoms. The van der Waals surface area contributed by atoms with Crippen molar-refractivity contribution in [3.63, 3.8) is 0 Å². The number of halogens is 1. The Bertz CT molecular complexity index is 924. The third kappa shape index (κ3) is 8.57. The molecule has 0 unspecified atom stereocenters. The number of hydrogen-bond acceptors (Lipinski definition) is 4. The fraction of sp³-hybridized carbons (Fsp3) is 0.417. The Morgan fingerprint density at radius 2 is 1.72 bits per heavy atom. The van der Waals surface area contributed by atoms with Crippen molar-refractivity contribution in [2.45, 2.75) is 46.2 Å². The van der Waals surface area contributed by atoms with Crippen molar-refractivity contribution in [1.82, 2.24) is 10.6 Å². The molecule has 3 N–H and O–H groups in total. The summed E-state index contributed by atoms with van der Waals surface area (Å²) in [5.41, 5.74) is 2.80. The van der Waals surface area contributed by atoms with Crippen LogP contribution in [-0.4, -0.2) is 37.2 Å². The van der Waals surface area contributed by atoms with Crippen LogP contribution in [0.4, 0.5) is 5.69 Å². The maximum atomic E-state index is 12.3. The average molecular weight is 552 g/mol. The number of anilines is 1. The van der Waals surface area contributed by atoms with Crippen LogP contribution in [0, 0.1) is 6.92 Å². The van der Waals surface area contributed by atoms with E-state index < -0.39 is 0 Å². The van der Waals surface area contributed by atoms with E-state index in [0.717, 1.165) is 23.4 Å².